The quantitative estimate of drug-likeness (QED) is 0.357. The van der Waals surface area contributed by atoms with Crippen LogP contribution in [0.15, 0.2) is 54.6 Å². The highest BCUT2D eigenvalue weighted by Gasteiger charge is 2.20. The first-order chi connectivity index (χ1) is 14.3. The van der Waals surface area contributed by atoms with Crippen LogP contribution < -0.4 is 11.1 Å². The van der Waals surface area contributed by atoms with Crippen LogP contribution in [0.1, 0.15) is 33.0 Å². The van der Waals surface area contributed by atoms with Crippen molar-refractivity contribution < 1.29 is 24.6 Å². The summed E-state index contributed by atoms with van der Waals surface area (Å²) in [5.41, 5.74) is 8.88. The van der Waals surface area contributed by atoms with Gasteiger partial charge in [-0.25, -0.2) is 4.79 Å². The number of carbonyl (C=O) groups excluding carboxylic acids is 1. The van der Waals surface area contributed by atoms with Gasteiger partial charge < -0.3 is 21.3 Å². The number of aromatic nitrogens is 2. The predicted octanol–water partition coefficient (Wildman–Crippen LogP) is 2.17. The molecule has 30 heavy (non-hydrogen) atoms. The van der Waals surface area contributed by atoms with Gasteiger partial charge in [0.2, 0.25) is 0 Å². The van der Waals surface area contributed by atoms with Crippen LogP contribution in [0.2, 0.25) is 0 Å². The van der Waals surface area contributed by atoms with Crippen LogP contribution in [0, 0.1) is 0 Å². The molecular weight excluding hydrogens is 388 g/mol. The Labute approximate surface area is 171 Å². The molecule has 0 aliphatic heterocycles. The number of benzene rings is 2. The number of aromatic amines is 1. The van der Waals surface area contributed by atoms with Crippen molar-refractivity contribution in [2.24, 2.45) is 0 Å². The van der Waals surface area contributed by atoms with Crippen LogP contribution in [0.5, 0.6) is 0 Å². The molecule has 0 saturated heterocycles. The van der Waals surface area contributed by atoms with E-state index in [-0.39, 0.29) is 24.2 Å². The predicted molar refractivity (Wildman–Crippen MR) is 109 cm³/mol. The van der Waals surface area contributed by atoms with Gasteiger partial charge in [-0.05, 0) is 35.2 Å². The van der Waals surface area contributed by atoms with Gasteiger partial charge in [-0.2, -0.15) is 5.10 Å². The molecule has 1 amide bonds. The van der Waals surface area contributed by atoms with Crippen molar-refractivity contribution in [3.8, 4) is 11.1 Å². The highest BCUT2D eigenvalue weighted by atomic mass is 16.4. The van der Waals surface area contributed by atoms with Crippen molar-refractivity contribution in [2.75, 3.05) is 5.73 Å². The maximum Gasteiger partial charge on any atom is 0.356 e. The number of hydrogen-bond acceptors (Lipinski definition) is 5. The van der Waals surface area contributed by atoms with E-state index in [0.717, 1.165) is 22.8 Å². The molecule has 0 aliphatic carbocycles. The van der Waals surface area contributed by atoms with Crippen molar-refractivity contribution in [3.05, 3.63) is 71.5 Å². The minimum absolute atomic E-state index is 0.0557. The Hall–Kier alpha value is -4.14. The van der Waals surface area contributed by atoms with Crippen molar-refractivity contribution in [1.82, 2.24) is 15.5 Å². The normalized spacial score (nSPS) is 11.6. The minimum Gasteiger partial charge on any atom is -0.481 e. The number of nitrogen functional groups attached to an aromatic ring is 1. The summed E-state index contributed by atoms with van der Waals surface area (Å²) in [4.78, 5) is 34.5. The Bertz CT molecular complexity index is 1080. The lowest BCUT2D eigenvalue weighted by atomic mass is 9.99. The molecule has 0 bridgehead atoms. The van der Waals surface area contributed by atoms with E-state index in [1.807, 2.05) is 42.5 Å². The number of anilines is 1. The van der Waals surface area contributed by atoms with Crippen LogP contribution >= 0.6 is 0 Å². The molecule has 9 nitrogen and oxygen atoms in total. The van der Waals surface area contributed by atoms with Gasteiger partial charge in [0.05, 0.1) is 6.42 Å². The number of carboxylic acid groups (broad SMARTS) is 2. The second kappa shape index (κ2) is 8.91. The van der Waals surface area contributed by atoms with E-state index in [1.54, 1.807) is 6.07 Å². The Morgan fingerprint density at radius 1 is 1.03 bits per heavy atom. The fraction of sp³-hybridized carbons (Fsp3) is 0.143. The van der Waals surface area contributed by atoms with Crippen LogP contribution in [0.3, 0.4) is 0 Å². The summed E-state index contributed by atoms with van der Waals surface area (Å²) in [6, 6.07) is 15.4. The molecule has 9 heteroatoms. The van der Waals surface area contributed by atoms with E-state index in [0.29, 0.717) is 5.69 Å². The van der Waals surface area contributed by atoms with Crippen LogP contribution in [0.4, 0.5) is 5.69 Å². The molecular formula is C21H20N4O5. The number of H-pyrrole nitrogens is 1. The molecule has 1 atom stereocenters. The molecule has 0 spiro atoms. The lowest BCUT2D eigenvalue weighted by molar-refractivity contribution is -0.137. The molecule has 1 aromatic heterocycles. The zero-order valence-electron chi connectivity index (χ0n) is 15.8. The van der Waals surface area contributed by atoms with E-state index in [9.17, 15) is 19.5 Å². The second-order valence-corrected chi connectivity index (χ2v) is 6.77. The van der Waals surface area contributed by atoms with Gasteiger partial charge in [0.25, 0.3) is 5.91 Å². The number of aliphatic carboxylic acids is 1. The third-order valence-electron chi connectivity index (χ3n) is 4.45. The van der Waals surface area contributed by atoms with Gasteiger partial charge in [-0.3, -0.25) is 14.7 Å². The molecule has 3 rings (SSSR count). The van der Waals surface area contributed by atoms with E-state index < -0.39 is 23.9 Å². The number of amides is 1. The maximum absolute atomic E-state index is 12.4. The largest absolute Gasteiger partial charge is 0.481 e. The van der Waals surface area contributed by atoms with Crippen molar-refractivity contribution in [3.63, 3.8) is 0 Å². The first-order valence-corrected chi connectivity index (χ1v) is 9.08. The Kier molecular flexibility index (Phi) is 6.11. The summed E-state index contributed by atoms with van der Waals surface area (Å²) in [7, 11) is 0. The van der Waals surface area contributed by atoms with Crippen molar-refractivity contribution in [2.45, 2.75) is 18.9 Å². The molecule has 2 aromatic carbocycles. The van der Waals surface area contributed by atoms with Crippen molar-refractivity contribution in [1.29, 1.82) is 0 Å². The lowest BCUT2D eigenvalue weighted by Crippen LogP contribution is -2.38. The van der Waals surface area contributed by atoms with E-state index in [4.69, 9.17) is 10.8 Å². The number of carboxylic acids is 2. The number of nitrogens with two attached hydrogens (primary N) is 1. The first kappa shape index (κ1) is 20.6. The maximum atomic E-state index is 12.4. The highest BCUT2D eigenvalue weighted by Crippen LogP contribution is 2.22. The summed E-state index contributed by atoms with van der Waals surface area (Å²) in [5.74, 6) is -2.96. The Balaban J connectivity index is 1.71. The minimum atomic E-state index is -1.27. The lowest BCUT2D eigenvalue weighted by Gasteiger charge is -2.17. The number of carbonyl (C=O) groups is 3. The third-order valence-corrected chi connectivity index (χ3v) is 4.45. The van der Waals surface area contributed by atoms with Gasteiger partial charge in [-0.15, -0.1) is 0 Å². The fourth-order valence-corrected chi connectivity index (χ4v) is 3.03. The zero-order chi connectivity index (χ0) is 21.7. The highest BCUT2D eigenvalue weighted by molar-refractivity contribution is 5.95. The van der Waals surface area contributed by atoms with Gasteiger partial charge in [0.15, 0.2) is 5.69 Å². The fourth-order valence-electron chi connectivity index (χ4n) is 3.03. The zero-order valence-corrected chi connectivity index (χ0v) is 15.8. The smallest absolute Gasteiger partial charge is 0.356 e. The third kappa shape index (κ3) is 5.22. The van der Waals surface area contributed by atoms with Gasteiger partial charge >= 0.3 is 11.9 Å². The molecule has 0 saturated carbocycles. The molecule has 1 heterocycles. The summed E-state index contributed by atoms with van der Waals surface area (Å²) >= 11 is 0. The van der Waals surface area contributed by atoms with Crippen LogP contribution in [-0.4, -0.2) is 44.3 Å². The SMILES string of the molecule is Nc1cccc(-c2ccc(C[C@H](CC(=O)O)NC(=O)c3cc(C(=O)O)n[nH]3)cc2)c1. The molecule has 6 N–H and O–H groups in total. The average Bonchev–Trinajstić information content (AvgIpc) is 3.19. The summed E-state index contributed by atoms with van der Waals surface area (Å²) in [6.45, 7) is 0. The van der Waals surface area contributed by atoms with Crippen LogP contribution in [-0.2, 0) is 11.2 Å². The Morgan fingerprint density at radius 2 is 1.77 bits per heavy atom. The molecule has 154 valence electrons. The van der Waals surface area contributed by atoms with Gasteiger partial charge in [-0.1, -0.05) is 36.4 Å². The first-order valence-electron chi connectivity index (χ1n) is 9.08. The van der Waals surface area contributed by atoms with Crippen LogP contribution in [0.25, 0.3) is 11.1 Å². The number of hydrogen-bond donors (Lipinski definition) is 5. The average molecular weight is 408 g/mol. The number of rotatable bonds is 8. The molecule has 3 aromatic rings. The number of aromatic carboxylic acids is 1. The Morgan fingerprint density at radius 3 is 2.37 bits per heavy atom. The van der Waals surface area contributed by atoms with E-state index in [2.05, 4.69) is 15.5 Å². The molecule has 0 fully saturated rings. The second-order valence-electron chi connectivity index (χ2n) is 6.77. The van der Waals surface area contributed by atoms with Gasteiger partial charge in [0.1, 0.15) is 5.69 Å². The van der Waals surface area contributed by atoms with E-state index in [1.165, 1.54) is 0 Å². The number of nitrogens with zero attached hydrogens (tertiary/aromatic N) is 1. The summed E-state index contributed by atoms with van der Waals surface area (Å²) < 4.78 is 0. The van der Waals surface area contributed by atoms with E-state index >= 15 is 0 Å². The summed E-state index contributed by atoms with van der Waals surface area (Å²) in [6.07, 6.45) is -0.00217. The number of nitrogens with one attached hydrogen (secondary N) is 2. The molecule has 0 unspecified atom stereocenters. The summed E-state index contributed by atoms with van der Waals surface area (Å²) in [5, 5.41) is 26.6. The monoisotopic (exact) mass is 408 g/mol. The molecule has 0 aliphatic rings. The topological polar surface area (TPSA) is 158 Å². The van der Waals surface area contributed by atoms with Crippen molar-refractivity contribution >= 4 is 23.5 Å². The standard InChI is InChI=1S/C21H20N4O5/c22-15-3-1-2-14(9-15)13-6-4-12(5-7-13)8-16(10-19(26)27)23-20(28)17-11-18(21(29)30)25-24-17/h1-7,9,11,16H,8,10,22H2,(H,23,28)(H,24,25)(H,26,27)(H,29,30)/t16-/m1/s1. The van der Waals surface area contributed by atoms with Gasteiger partial charge in [0, 0.05) is 17.8 Å². The molecule has 0 radical (unpaired) electrons.